The second-order valence-corrected chi connectivity index (χ2v) is 8.97. The number of nitrogens with one attached hydrogen (secondary N) is 2. The molecule has 0 saturated carbocycles. The normalized spacial score (nSPS) is 11.9. The van der Waals surface area contributed by atoms with Crippen LogP contribution >= 0.6 is 11.8 Å². The zero-order valence-corrected chi connectivity index (χ0v) is 20.8. The van der Waals surface area contributed by atoms with Gasteiger partial charge in [-0.3, -0.25) is 4.79 Å². The lowest BCUT2D eigenvalue weighted by Crippen LogP contribution is -2.22. The van der Waals surface area contributed by atoms with Crippen LogP contribution in [0, 0.1) is 18.6 Å². The fourth-order valence-corrected chi connectivity index (χ4v) is 4.53. The van der Waals surface area contributed by atoms with E-state index in [0.29, 0.717) is 39.0 Å². The third kappa shape index (κ3) is 5.17. The van der Waals surface area contributed by atoms with E-state index in [1.807, 2.05) is 18.4 Å². The minimum absolute atomic E-state index is 0.0707. The van der Waals surface area contributed by atoms with Crippen molar-refractivity contribution < 1.29 is 28.2 Å². The summed E-state index contributed by atoms with van der Waals surface area (Å²) in [7, 11) is 1.56. The largest absolute Gasteiger partial charge is 0.497 e. The summed E-state index contributed by atoms with van der Waals surface area (Å²) < 4.78 is 39.2. The van der Waals surface area contributed by atoms with E-state index in [2.05, 4.69) is 10.3 Å². The Kier molecular flexibility index (Phi) is 7.81. The van der Waals surface area contributed by atoms with Gasteiger partial charge in [0.05, 0.1) is 19.2 Å². The first-order valence-corrected chi connectivity index (χ1v) is 12.4. The monoisotopic (exact) mass is 512 g/mol. The van der Waals surface area contributed by atoms with Gasteiger partial charge in [-0.1, -0.05) is 0 Å². The van der Waals surface area contributed by atoms with Crippen molar-refractivity contribution >= 4 is 34.1 Å². The molecule has 1 aromatic heterocycles. The van der Waals surface area contributed by atoms with Gasteiger partial charge in [0, 0.05) is 51.0 Å². The minimum Gasteiger partial charge on any atom is -0.497 e. The van der Waals surface area contributed by atoms with Crippen molar-refractivity contribution in [3.8, 4) is 11.5 Å². The van der Waals surface area contributed by atoms with Crippen LogP contribution in [0.15, 0.2) is 59.6 Å². The Morgan fingerprint density at radius 2 is 1.97 bits per heavy atom. The Morgan fingerprint density at radius 3 is 2.69 bits per heavy atom. The smallest absolute Gasteiger partial charge is 0.191 e. The highest BCUT2D eigenvalue weighted by Crippen LogP contribution is 2.36. The summed E-state index contributed by atoms with van der Waals surface area (Å²) in [5.41, 5.74) is 2.27. The average molecular weight is 513 g/mol. The molecule has 3 aromatic carbocycles. The number of ketones is 1. The molecule has 0 fully saturated rings. The molecule has 1 unspecified atom stereocenters. The molecule has 9 heteroatoms. The maximum atomic E-state index is 14.1. The van der Waals surface area contributed by atoms with Gasteiger partial charge in [-0.15, -0.1) is 11.8 Å². The van der Waals surface area contributed by atoms with Gasteiger partial charge in [-0.2, -0.15) is 0 Å². The molecule has 36 heavy (non-hydrogen) atoms. The summed E-state index contributed by atoms with van der Waals surface area (Å²) in [6, 6.07) is 11.3. The zero-order chi connectivity index (χ0) is 25.8. The fraction of sp³-hybridized carbons (Fsp3) is 0.222. The minimum atomic E-state index is -0.995. The molecule has 0 spiro atoms. The molecule has 0 aliphatic heterocycles. The van der Waals surface area contributed by atoms with Crippen LogP contribution in [-0.4, -0.2) is 42.5 Å². The molecule has 0 saturated heterocycles. The number of fused-ring (bicyclic) bond motifs is 1. The van der Waals surface area contributed by atoms with Gasteiger partial charge >= 0.3 is 0 Å². The molecule has 188 valence electrons. The second kappa shape index (κ2) is 11.0. The molecule has 3 N–H and O–H groups in total. The van der Waals surface area contributed by atoms with E-state index in [9.17, 15) is 18.7 Å². The van der Waals surface area contributed by atoms with Crippen LogP contribution in [0.2, 0.25) is 0 Å². The second-order valence-electron chi connectivity index (χ2n) is 8.09. The maximum Gasteiger partial charge on any atom is 0.191 e. The van der Waals surface area contributed by atoms with Crippen molar-refractivity contribution in [3.63, 3.8) is 0 Å². The highest BCUT2D eigenvalue weighted by atomic mass is 32.2. The molecule has 0 radical (unpaired) electrons. The summed E-state index contributed by atoms with van der Waals surface area (Å²) in [4.78, 5) is 18.0. The van der Waals surface area contributed by atoms with Crippen molar-refractivity contribution in [1.82, 2.24) is 4.98 Å². The number of anilines is 1. The number of benzene rings is 3. The van der Waals surface area contributed by atoms with E-state index in [0.717, 1.165) is 4.90 Å². The first kappa shape index (κ1) is 25.5. The number of rotatable bonds is 10. The lowest BCUT2D eigenvalue weighted by Gasteiger charge is -2.23. The van der Waals surface area contributed by atoms with Gasteiger partial charge in [0.15, 0.2) is 5.78 Å². The number of Topliss-reactive ketones (excluding diaryl/α,β-unsaturated/α-hetero) is 1. The van der Waals surface area contributed by atoms with E-state index in [-0.39, 0.29) is 30.6 Å². The Balaban J connectivity index is 1.85. The molecular weight excluding hydrogens is 486 g/mol. The van der Waals surface area contributed by atoms with E-state index in [1.165, 1.54) is 36.0 Å². The third-order valence-electron chi connectivity index (χ3n) is 5.88. The number of carbonyl (C=O) groups excluding carboxylic acids is 1. The number of halogens is 2. The van der Waals surface area contributed by atoms with Gasteiger partial charge in [0.2, 0.25) is 0 Å². The molecular formula is C27H26F2N2O4S. The topological polar surface area (TPSA) is 83.6 Å². The number of aromatic nitrogens is 1. The van der Waals surface area contributed by atoms with Gasteiger partial charge in [0.1, 0.15) is 35.8 Å². The molecule has 0 aliphatic carbocycles. The summed E-state index contributed by atoms with van der Waals surface area (Å²) in [6.45, 7) is 1.29. The molecule has 4 rings (SSSR count). The van der Waals surface area contributed by atoms with Crippen molar-refractivity contribution in [3.05, 3.63) is 83.1 Å². The summed E-state index contributed by atoms with van der Waals surface area (Å²) >= 11 is 1.52. The van der Waals surface area contributed by atoms with Crippen LogP contribution in [0.3, 0.4) is 0 Å². The first-order chi connectivity index (χ1) is 17.4. The van der Waals surface area contributed by atoms with Crippen LogP contribution in [0.4, 0.5) is 14.5 Å². The van der Waals surface area contributed by atoms with E-state index in [1.54, 1.807) is 32.4 Å². The van der Waals surface area contributed by atoms with Crippen molar-refractivity contribution in [2.45, 2.75) is 17.9 Å². The number of aliphatic hydroxyl groups excluding tert-OH is 1. The van der Waals surface area contributed by atoms with Gasteiger partial charge in [-0.25, -0.2) is 8.78 Å². The SMILES string of the molecule is COc1cc(NC(C(=O)c2c[nH]c3c(C)c(F)ccc23)c2ccc(F)cc2OCCO)cc(SC)c1. The first-order valence-electron chi connectivity index (χ1n) is 11.2. The molecule has 1 atom stereocenters. The van der Waals surface area contributed by atoms with E-state index >= 15 is 0 Å². The van der Waals surface area contributed by atoms with E-state index in [4.69, 9.17) is 9.47 Å². The summed E-state index contributed by atoms with van der Waals surface area (Å²) in [6.07, 6.45) is 3.47. The Hall–Kier alpha value is -3.56. The Labute approximate surface area is 211 Å². The van der Waals surface area contributed by atoms with Crippen LogP contribution < -0.4 is 14.8 Å². The van der Waals surface area contributed by atoms with Crippen molar-refractivity contribution in [2.75, 3.05) is 31.9 Å². The quantitative estimate of drug-likeness (QED) is 0.182. The van der Waals surface area contributed by atoms with Gasteiger partial charge < -0.3 is 24.9 Å². The highest BCUT2D eigenvalue weighted by Gasteiger charge is 2.28. The predicted molar refractivity (Wildman–Crippen MR) is 137 cm³/mol. The number of carbonyl (C=O) groups is 1. The fourth-order valence-electron chi connectivity index (χ4n) is 4.05. The van der Waals surface area contributed by atoms with E-state index < -0.39 is 11.9 Å². The van der Waals surface area contributed by atoms with Crippen molar-refractivity contribution in [2.24, 2.45) is 0 Å². The van der Waals surface area contributed by atoms with Crippen LogP contribution in [0.25, 0.3) is 10.9 Å². The zero-order valence-electron chi connectivity index (χ0n) is 20.0. The number of aliphatic hydroxyl groups is 1. The number of hydrogen-bond acceptors (Lipinski definition) is 6. The number of hydrogen-bond donors (Lipinski definition) is 3. The maximum absolute atomic E-state index is 14.1. The standard InChI is InChI=1S/C27H26F2N2O4S/c1-15-23(29)7-6-20-22(14-30-25(15)20)27(33)26(21-5-4-16(28)10-24(21)35-9-8-32)31-17-11-18(34-2)13-19(12-17)36-3/h4-7,10-14,26,30-32H,8-9H2,1-3H3. The highest BCUT2D eigenvalue weighted by molar-refractivity contribution is 7.98. The summed E-state index contributed by atoms with van der Waals surface area (Å²) in [5, 5.41) is 13.1. The van der Waals surface area contributed by atoms with Crippen LogP contribution in [0.5, 0.6) is 11.5 Å². The van der Waals surface area contributed by atoms with Crippen LogP contribution in [-0.2, 0) is 0 Å². The molecule has 1 heterocycles. The molecule has 0 aliphatic rings. The average Bonchev–Trinajstić information content (AvgIpc) is 3.32. The van der Waals surface area contributed by atoms with Crippen molar-refractivity contribution in [1.29, 1.82) is 0 Å². The molecule has 4 aromatic rings. The number of ether oxygens (including phenoxy) is 2. The predicted octanol–water partition coefficient (Wildman–Crippen LogP) is 5.89. The van der Waals surface area contributed by atoms with Crippen LogP contribution in [0.1, 0.15) is 27.5 Å². The summed E-state index contributed by atoms with van der Waals surface area (Å²) in [5.74, 6) is -0.518. The van der Waals surface area contributed by atoms with Gasteiger partial charge in [0.25, 0.3) is 0 Å². The lowest BCUT2D eigenvalue weighted by atomic mass is 9.95. The number of aromatic amines is 1. The lowest BCUT2D eigenvalue weighted by molar-refractivity contribution is 0.0969. The Bertz CT molecular complexity index is 1380. The third-order valence-corrected chi connectivity index (χ3v) is 6.58. The number of methoxy groups -OCH3 is 1. The number of H-pyrrole nitrogens is 1. The van der Waals surface area contributed by atoms with Gasteiger partial charge in [-0.05, 0) is 49.6 Å². The number of thioether (sulfide) groups is 1. The molecule has 0 amide bonds. The molecule has 6 nitrogen and oxygen atoms in total. The Morgan fingerprint density at radius 1 is 1.17 bits per heavy atom. The number of aryl methyl sites for hydroxylation is 1. The molecule has 0 bridgehead atoms.